The van der Waals surface area contributed by atoms with Crippen LogP contribution in [0.2, 0.25) is 5.02 Å². The highest BCUT2D eigenvalue weighted by Gasteiger charge is 2.26. The fraction of sp³-hybridized carbons (Fsp3) is 0.476. The topological polar surface area (TPSA) is 72.8 Å². The van der Waals surface area contributed by atoms with Gasteiger partial charge in [0.25, 0.3) is 0 Å². The van der Waals surface area contributed by atoms with Gasteiger partial charge in [-0.3, -0.25) is 4.79 Å². The summed E-state index contributed by atoms with van der Waals surface area (Å²) >= 11 is 6.06. The molecule has 0 radical (unpaired) electrons. The number of carbonyl (C=O) groups is 1. The molecular formula is C21H26ClN5O2. The third kappa shape index (κ3) is 4.79. The molecule has 2 fully saturated rings. The van der Waals surface area contributed by atoms with Crippen LogP contribution in [0.4, 0.5) is 11.6 Å². The Labute approximate surface area is 175 Å². The van der Waals surface area contributed by atoms with E-state index in [4.69, 9.17) is 11.6 Å². The zero-order valence-corrected chi connectivity index (χ0v) is 17.1. The van der Waals surface area contributed by atoms with Crippen LogP contribution in [-0.4, -0.2) is 65.2 Å². The maximum Gasteiger partial charge on any atom is 0.242 e. The number of aromatic nitrogens is 2. The van der Waals surface area contributed by atoms with Crippen molar-refractivity contribution < 1.29 is 9.90 Å². The molecule has 1 aromatic carbocycles. The van der Waals surface area contributed by atoms with Gasteiger partial charge < -0.3 is 19.8 Å². The number of hydrogen-bond donors (Lipinski definition) is 1. The van der Waals surface area contributed by atoms with E-state index < -0.39 is 0 Å². The number of nitrogens with zero attached hydrogens (tertiary/aromatic N) is 5. The van der Waals surface area contributed by atoms with Crippen molar-refractivity contribution in [2.45, 2.75) is 19.4 Å². The average molecular weight is 416 g/mol. The molecule has 1 amide bonds. The van der Waals surface area contributed by atoms with Crippen molar-refractivity contribution in [2.24, 2.45) is 5.92 Å². The molecular weight excluding hydrogens is 390 g/mol. The molecule has 2 aliphatic rings. The summed E-state index contributed by atoms with van der Waals surface area (Å²) in [5.41, 5.74) is 1.03. The predicted molar refractivity (Wildman–Crippen MR) is 113 cm³/mol. The van der Waals surface area contributed by atoms with Gasteiger partial charge in [0.1, 0.15) is 18.0 Å². The van der Waals surface area contributed by atoms with Crippen LogP contribution in [0.5, 0.6) is 0 Å². The second-order valence-corrected chi connectivity index (χ2v) is 8.17. The molecule has 0 bridgehead atoms. The lowest BCUT2D eigenvalue weighted by Crippen LogP contribution is -2.50. The van der Waals surface area contributed by atoms with Gasteiger partial charge in [-0.15, -0.1) is 0 Å². The van der Waals surface area contributed by atoms with E-state index in [-0.39, 0.29) is 12.5 Å². The van der Waals surface area contributed by atoms with E-state index in [9.17, 15) is 9.90 Å². The van der Waals surface area contributed by atoms with Crippen LogP contribution < -0.4 is 9.80 Å². The van der Waals surface area contributed by atoms with Crippen LogP contribution in [0.3, 0.4) is 0 Å². The van der Waals surface area contributed by atoms with Crippen LogP contribution in [-0.2, 0) is 11.3 Å². The summed E-state index contributed by atoms with van der Waals surface area (Å²) in [5, 5.41) is 10.2. The first-order valence-corrected chi connectivity index (χ1v) is 10.4. The number of piperazine rings is 1. The number of carbonyl (C=O) groups excluding carboxylic acids is 1. The summed E-state index contributed by atoms with van der Waals surface area (Å²) in [5.74, 6) is 2.01. The Balaban J connectivity index is 1.41. The number of aliphatic hydroxyl groups excluding tert-OH is 1. The Hall–Kier alpha value is -2.38. The SMILES string of the molecule is O=C1CN(c2cc(N3CCCC(CO)C3)ncn2)CCN1Cc1cccc(Cl)c1. The van der Waals surface area contributed by atoms with Gasteiger partial charge in [0.05, 0.1) is 6.54 Å². The second kappa shape index (κ2) is 8.97. The number of amides is 1. The van der Waals surface area contributed by atoms with Crippen LogP contribution in [0.15, 0.2) is 36.7 Å². The van der Waals surface area contributed by atoms with Crippen LogP contribution in [0, 0.1) is 5.92 Å². The molecule has 0 saturated carbocycles. The summed E-state index contributed by atoms with van der Waals surface area (Å²) in [6, 6.07) is 9.59. The van der Waals surface area contributed by atoms with Crippen molar-refractivity contribution in [3.8, 4) is 0 Å². The molecule has 154 valence electrons. The van der Waals surface area contributed by atoms with E-state index in [1.165, 1.54) is 0 Å². The predicted octanol–water partition coefficient (Wildman–Crippen LogP) is 2.19. The smallest absolute Gasteiger partial charge is 0.242 e. The van der Waals surface area contributed by atoms with Crippen molar-refractivity contribution >= 4 is 29.1 Å². The first-order chi connectivity index (χ1) is 14.1. The van der Waals surface area contributed by atoms with E-state index in [0.717, 1.165) is 49.7 Å². The number of rotatable bonds is 5. The van der Waals surface area contributed by atoms with Gasteiger partial charge in [-0.05, 0) is 36.5 Å². The van der Waals surface area contributed by atoms with E-state index in [1.807, 2.05) is 40.1 Å². The number of aliphatic hydroxyl groups is 1. The van der Waals surface area contributed by atoms with Crippen molar-refractivity contribution in [3.05, 3.63) is 47.2 Å². The molecule has 1 N–H and O–H groups in total. The molecule has 29 heavy (non-hydrogen) atoms. The Kier molecular flexibility index (Phi) is 6.16. The molecule has 8 heteroatoms. The van der Waals surface area contributed by atoms with Crippen molar-refractivity contribution in [2.75, 3.05) is 49.1 Å². The fourth-order valence-electron chi connectivity index (χ4n) is 4.03. The molecule has 0 aliphatic carbocycles. The molecule has 2 aliphatic heterocycles. The zero-order valence-electron chi connectivity index (χ0n) is 16.4. The maximum absolute atomic E-state index is 12.7. The summed E-state index contributed by atoms with van der Waals surface area (Å²) < 4.78 is 0. The molecule has 1 atom stereocenters. The largest absolute Gasteiger partial charge is 0.396 e. The zero-order chi connectivity index (χ0) is 20.2. The first kappa shape index (κ1) is 19.9. The number of hydrogen-bond acceptors (Lipinski definition) is 6. The Morgan fingerprint density at radius 3 is 2.69 bits per heavy atom. The van der Waals surface area contributed by atoms with Gasteiger partial charge in [0.15, 0.2) is 0 Å². The fourth-order valence-corrected chi connectivity index (χ4v) is 4.25. The first-order valence-electron chi connectivity index (χ1n) is 10.1. The van der Waals surface area contributed by atoms with Gasteiger partial charge in [0.2, 0.25) is 5.91 Å². The van der Waals surface area contributed by atoms with Crippen molar-refractivity contribution in [1.82, 2.24) is 14.9 Å². The third-order valence-corrected chi connectivity index (χ3v) is 5.88. The standard InChI is InChI=1S/C21H26ClN5O2/c22-18-5-1-3-16(9-18)11-27-8-7-26(13-21(27)29)20-10-19(23-15-24-20)25-6-2-4-17(12-25)14-28/h1,3,5,9-10,15,17,28H,2,4,6-8,11-14H2. The highest BCUT2D eigenvalue weighted by atomic mass is 35.5. The minimum Gasteiger partial charge on any atom is -0.396 e. The van der Waals surface area contributed by atoms with Gasteiger partial charge in [-0.2, -0.15) is 0 Å². The highest BCUT2D eigenvalue weighted by Crippen LogP contribution is 2.24. The molecule has 1 unspecified atom stereocenters. The van der Waals surface area contributed by atoms with E-state index in [2.05, 4.69) is 14.9 Å². The number of benzene rings is 1. The monoisotopic (exact) mass is 415 g/mol. The minimum atomic E-state index is 0.0784. The lowest BCUT2D eigenvalue weighted by Gasteiger charge is -2.36. The molecule has 0 spiro atoms. The average Bonchev–Trinajstić information content (AvgIpc) is 2.75. The third-order valence-electron chi connectivity index (χ3n) is 5.64. The molecule has 2 aromatic rings. The molecule has 7 nitrogen and oxygen atoms in total. The van der Waals surface area contributed by atoms with E-state index in [0.29, 0.717) is 30.6 Å². The molecule has 1 aromatic heterocycles. The number of piperidine rings is 1. The minimum absolute atomic E-state index is 0.0784. The quantitative estimate of drug-likeness (QED) is 0.807. The van der Waals surface area contributed by atoms with Crippen LogP contribution in [0.1, 0.15) is 18.4 Å². The lowest BCUT2D eigenvalue weighted by molar-refractivity contribution is -0.131. The lowest BCUT2D eigenvalue weighted by atomic mass is 9.99. The number of halogens is 1. The summed E-state index contributed by atoms with van der Waals surface area (Å²) in [4.78, 5) is 27.6. The Bertz CT molecular complexity index is 864. The van der Waals surface area contributed by atoms with E-state index >= 15 is 0 Å². The van der Waals surface area contributed by atoms with Gasteiger partial charge in [0, 0.05) is 50.4 Å². The summed E-state index contributed by atoms with van der Waals surface area (Å²) in [6.45, 7) is 4.17. The van der Waals surface area contributed by atoms with Crippen molar-refractivity contribution in [3.63, 3.8) is 0 Å². The van der Waals surface area contributed by atoms with Crippen LogP contribution in [0.25, 0.3) is 0 Å². The highest BCUT2D eigenvalue weighted by molar-refractivity contribution is 6.30. The van der Waals surface area contributed by atoms with Gasteiger partial charge >= 0.3 is 0 Å². The maximum atomic E-state index is 12.7. The molecule has 2 saturated heterocycles. The van der Waals surface area contributed by atoms with Gasteiger partial charge in [-0.1, -0.05) is 23.7 Å². The number of anilines is 2. The Morgan fingerprint density at radius 1 is 1.10 bits per heavy atom. The van der Waals surface area contributed by atoms with Crippen molar-refractivity contribution in [1.29, 1.82) is 0 Å². The summed E-state index contributed by atoms with van der Waals surface area (Å²) in [7, 11) is 0. The van der Waals surface area contributed by atoms with Gasteiger partial charge in [-0.25, -0.2) is 9.97 Å². The second-order valence-electron chi connectivity index (χ2n) is 7.74. The molecule has 3 heterocycles. The normalized spacial score (nSPS) is 20.3. The molecule has 4 rings (SSSR count). The summed E-state index contributed by atoms with van der Waals surface area (Å²) in [6.07, 6.45) is 3.66. The van der Waals surface area contributed by atoms with Crippen LogP contribution >= 0.6 is 11.6 Å². The Morgan fingerprint density at radius 2 is 1.93 bits per heavy atom. The van der Waals surface area contributed by atoms with E-state index in [1.54, 1.807) is 6.33 Å².